The molecule has 4 rings (SSSR count). The summed E-state index contributed by atoms with van der Waals surface area (Å²) in [5.74, 6) is 0.0968. The molecule has 1 atom stereocenters. The van der Waals surface area contributed by atoms with Gasteiger partial charge in [0.2, 0.25) is 5.91 Å². The maximum absolute atomic E-state index is 13.0. The maximum Gasteiger partial charge on any atom is 0.237 e. The molecule has 0 aromatic carbocycles. The first-order valence-electron chi connectivity index (χ1n) is 9.94. The van der Waals surface area contributed by atoms with Crippen LogP contribution in [0.2, 0.25) is 0 Å². The average Bonchev–Trinajstić information content (AvgIpc) is 3.29. The molecule has 0 saturated carbocycles. The number of aromatic nitrogens is 4. The first-order valence-corrected chi connectivity index (χ1v) is 10.8. The number of hydrogen-bond acceptors (Lipinski definition) is 7. The topological polar surface area (TPSA) is 76.4 Å². The van der Waals surface area contributed by atoms with E-state index in [1.165, 1.54) is 0 Å². The normalized spacial score (nSPS) is 18.0. The van der Waals surface area contributed by atoms with Crippen LogP contribution in [-0.2, 0) is 36.3 Å². The number of ether oxygens (including phenoxy) is 1. The number of pyridine rings is 1. The molecule has 1 amide bonds. The second kappa shape index (κ2) is 9.46. The van der Waals surface area contributed by atoms with Crippen molar-refractivity contribution < 1.29 is 9.53 Å². The largest absolute Gasteiger partial charge is 0.370 e. The fraction of sp³-hybridized carbons (Fsp3) is 0.429. The zero-order valence-electron chi connectivity index (χ0n) is 17.3. The Balaban J connectivity index is 1.47. The van der Waals surface area contributed by atoms with Gasteiger partial charge in [-0.05, 0) is 24.6 Å². The molecule has 1 aliphatic rings. The van der Waals surface area contributed by atoms with Crippen molar-refractivity contribution in [3.05, 3.63) is 64.1 Å². The van der Waals surface area contributed by atoms with E-state index in [0.717, 1.165) is 21.8 Å². The predicted molar refractivity (Wildman–Crippen MR) is 114 cm³/mol. The van der Waals surface area contributed by atoms with Crippen LogP contribution in [0.4, 0.5) is 0 Å². The molecule has 1 aliphatic heterocycles. The molecule has 0 radical (unpaired) electrons. The number of thiazole rings is 1. The minimum atomic E-state index is -0.0963. The lowest BCUT2D eigenvalue weighted by molar-refractivity contribution is -0.132. The van der Waals surface area contributed by atoms with Crippen molar-refractivity contribution in [2.45, 2.75) is 32.7 Å². The van der Waals surface area contributed by atoms with Crippen LogP contribution in [0.3, 0.4) is 0 Å². The number of carbonyl (C=O) groups excluding carboxylic acids is 1. The van der Waals surface area contributed by atoms with Crippen LogP contribution in [0, 0.1) is 6.92 Å². The summed E-state index contributed by atoms with van der Waals surface area (Å²) in [6, 6.07) is 3.90. The lowest BCUT2D eigenvalue weighted by Crippen LogP contribution is -2.37. The Morgan fingerprint density at radius 2 is 2.03 bits per heavy atom. The van der Waals surface area contributed by atoms with Gasteiger partial charge in [0.25, 0.3) is 0 Å². The molecule has 0 aliphatic carbocycles. The highest BCUT2D eigenvalue weighted by Gasteiger charge is 2.29. The van der Waals surface area contributed by atoms with Crippen molar-refractivity contribution in [1.29, 1.82) is 0 Å². The minimum absolute atomic E-state index is 0.0963. The molecule has 1 saturated heterocycles. The molecule has 3 aromatic heterocycles. The van der Waals surface area contributed by atoms with Gasteiger partial charge < -0.3 is 9.64 Å². The molecule has 1 fully saturated rings. The van der Waals surface area contributed by atoms with E-state index in [-0.39, 0.29) is 12.0 Å². The molecular weight excluding hydrogens is 400 g/mol. The fourth-order valence-corrected chi connectivity index (χ4v) is 4.21. The Morgan fingerprint density at radius 1 is 1.20 bits per heavy atom. The summed E-state index contributed by atoms with van der Waals surface area (Å²) in [6.07, 6.45) is 7.26. The fourth-order valence-electron chi connectivity index (χ4n) is 3.61. The molecule has 4 heterocycles. The molecule has 30 heavy (non-hydrogen) atoms. The molecular formula is C21H26N6O2S. The van der Waals surface area contributed by atoms with Gasteiger partial charge in [0.1, 0.15) is 0 Å². The van der Waals surface area contributed by atoms with Gasteiger partial charge in [-0.1, -0.05) is 0 Å². The number of nitrogens with zero attached hydrogens (tertiary/aromatic N) is 6. The van der Waals surface area contributed by atoms with Gasteiger partial charge in [-0.3, -0.25) is 19.4 Å². The summed E-state index contributed by atoms with van der Waals surface area (Å²) in [6.45, 7) is 5.23. The van der Waals surface area contributed by atoms with Crippen LogP contribution in [-0.4, -0.2) is 61.2 Å². The van der Waals surface area contributed by atoms with E-state index < -0.39 is 0 Å². The van der Waals surface area contributed by atoms with E-state index in [9.17, 15) is 4.79 Å². The number of aryl methyl sites for hydroxylation is 2. The molecule has 0 N–H and O–H groups in total. The molecule has 158 valence electrons. The second-order valence-corrected chi connectivity index (χ2v) is 8.67. The highest BCUT2D eigenvalue weighted by atomic mass is 32.1. The van der Waals surface area contributed by atoms with Crippen molar-refractivity contribution in [2.24, 2.45) is 7.05 Å². The average molecular weight is 427 g/mol. The molecule has 0 bridgehead atoms. The molecule has 0 spiro atoms. The molecule has 1 unspecified atom stereocenters. The van der Waals surface area contributed by atoms with E-state index in [1.54, 1.807) is 28.4 Å². The Morgan fingerprint density at radius 3 is 2.73 bits per heavy atom. The first kappa shape index (κ1) is 20.6. The highest BCUT2D eigenvalue weighted by Crippen LogP contribution is 2.17. The third kappa shape index (κ3) is 5.50. The summed E-state index contributed by atoms with van der Waals surface area (Å²) < 4.78 is 8.02. The molecule has 9 heteroatoms. The number of carbonyl (C=O) groups is 1. The van der Waals surface area contributed by atoms with E-state index in [0.29, 0.717) is 39.3 Å². The van der Waals surface area contributed by atoms with E-state index >= 15 is 0 Å². The van der Waals surface area contributed by atoms with Gasteiger partial charge in [0.05, 0.1) is 42.7 Å². The lowest BCUT2D eigenvalue weighted by Gasteiger charge is -2.24. The van der Waals surface area contributed by atoms with Crippen molar-refractivity contribution in [3.63, 3.8) is 0 Å². The van der Waals surface area contributed by atoms with Gasteiger partial charge >= 0.3 is 0 Å². The summed E-state index contributed by atoms with van der Waals surface area (Å²) >= 11 is 1.61. The van der Waals surface area contributed by atoms with Crippen LogP contribution < -0.4 is 0 Å². The van der Waals surface area contributed by atoms with Crippen LogP contribution in [0.5, 0.6) is 0 Å². The minimum Gasteiger partial charge on any atom is -0.370 e. The van der Waals surface area contributed by atoms with Crippen LogP contribution in [0.1, 0.15) is 21.8 Å². The summed E-state index contributed by atoms with van der Waals surface area (Å²) in [4.78, 5) is 25.6. The monoisotopic (exact) mass is 426 g/mol. The maximum atomic E-state index is 13.0. The Labute approximate surface area is 180 Å². The quantitative estimate of drug-likeness (QED) is 0.575. The molecule has 8 nitrogen and oxygen atoms in total. The smallest absolute Gasteiger partial charge is 0.237 e. The van der Waals surface area contributed by atoms with E-state index in [4.69, 9.17) is 4.74 Å². The van der Waals surface area contributed by atoms with Crippen LogP contribution in [0.15, 0.2) is 42.3 Å². The standard InChI is InChI=1S/C21H26N6O2S/c1-16-24-19(15-30-16)10-27-12-20(29-14-17-3-5-22-6-4-17)11-26(13-21(27)28)9-18-7-23-25(2)8-18/h3-8,15,20H,9-14H2,1-2H3. The zero-order valence-corrected chi connectivity index (χ0v) is 18.1. The van der Waals surface area contributed by atoms with Crippen molar-refractivity contribution in [3.8, 4) is 0 Å². The lowest BCUT2D eigenvalue weighted by atomic mass is 10.2. The van der Waals surface area contributed by atoms with Gasteiger partial charge in [-0.15, -0.1) is 11.3 Å². The third-order valence-electron chi connectivity index (χ3n) is 5.02. The van der Waals surface area contributed by atoms with Gasteiger partial charge in [-0.2, -0.15) is 5.10 Å². The number of amides is 1. The van der Waals surface area contributed by atoms with Crippen molar-refractivity contribution in [1.82, 2.24) is 29.5 Å². The van der Waals surface area contributed by atoms with Gasteiger partial charge in [0, 0.05) is 56.2 Å². The second-order valence-electron chi connectivity index (χ2n) is 7.61. The van der Waals surface area contributed by atoms with Gasteiger partial charge in [0.15, 0.2) is 0 Å². The van der Waals surface area contributed by atoms with E-state index in [1.807, 2.05) is 48.8 Å². The number of rotatable bonds is 7. The van der Waals surface area contributed by atoms with Crippen molar-refractivity contribution in [2.75, 3.05) is 19.6 Å². The summed E-state index contributed by atoms with van der Waals surface area (Å²) in [5, 5.41) is 7.27. The highest BCUT2D eigenvalue weighted by molar-refractivity contribution is 7.09. The Hall–Kier alpha value is -2.62. The summed E-state index contributed by atoms with van der Waals surface area (Å²) in [7, 11) is 1.90. The third-order valence-corrected chi connectivity index (χ3v) is 5.84. The van der Waals surface area contributed by atoms with Gasteiger partial charge in [-0.25, -0.2) is 4.98 Å². The van der Waals surface area contributed by atoms with Crippen LogP contribution >= 0.6 is 11.3 Å². The van der Waals surface area contributed by atoms with Crippen LogP contribution in [0.25, 0.3) is 0 Å². The number of hydrogen-bond donors (Lipinski definition) is 0. The first-order chi connectivity index (χ1) is 14.5. The van der Waals surface area contributed by atoms with E-state index in [2.05, 4.69) is 20.0 Å². The summed E-state index contributed by atoms with van der Waals surface area (Å²) in [5.41, 5.74) is 3.09. The Kier molecular flexibility index (Phi) is 6.51. The predicted octanol–water partition coefficient (Wildman–Crippen LogP) is 2.01. The Bertz CT molecular complexity index is 973. The SMILES string of the molecule is Cc1nc(CN2CC(OCc3ccncc3)CN(Cc3cnn(C)c3)CC2=O)cs1. The zero-order chi connectivity index (χ0) is 20.9. The molecule has 3 aromatic rings. The van der Waals surface area contributed by atoms with Crippen molar-refractivity contribution >= 4 is 17.2 Å².